The second kappa shape index (κ2) is 9.74. The Bertz CT molecular complexity index is 1150. The van der Waals surface area contributed by atoms with Crippen molar-refractivity contribution in [3.05, 3.63) is 11.1 Å². The first-order valence-electron chi connectivity index (χ1n) is 14.6. The number of ketones is 1. The minimum atomic E-state index is -2.08. The Morgan fingerprint density at radius 3 is 2.22 bits per heavy atom. The maximum atomic E-state index is 14.5. The van der Waals surface area contributed by atoms with Crippen molar-refractivity contribution in [3.63, 3.8) is 0 Å². The standard InChI is InChI=1S/C30H44O11/c1-15-19-20(32)22(33)28(5)17(31)12-18-29(14-39-18,41-25(35)38-6)21(28)23(40-24(34)16-10-8-7-9-11-16)30(37,26(19,2)3)13-27(15,4)36/h16-18,20-21,23,31-32,36-37H,7-14H2,1-6H3/t17-,18+,20+,21?,23-,27-,28+,29-,30+/m0/s1. The van der Waals surface area contributed by atoms with E-state index in [9.17, 15) is 34.8 Å². The van der Waals surface area contributed by atoms with Crippen molar-refractivity contribution >= 4 is 17.9 Å². The predicted octanol–water partition coefficient (Wildman–Crippen LogP) is 1.96. The second-order valence-electron chi connectivity index (χ2n) is 13.8. The molecule has 41 heavy (non-hydrogen) atoms. The van der Waals surface area contributed by atoms with Gasteiger partial charge in [0.1, 0.15) is 23.9 Å². The molecule has 9 atom stereocenters. The highest BCUT2D eigenvalue weighted by Gasteiger charge is 2.78. The number of hydrogen-bond acceptors (Lipinski definition) is 11. The number of ether oxygens (including phenoxy) is 4. The summed E-state index contributed by atoms with van der Waals surface area (Å²) in [5, 5.41) is 47.8. The molecule has 4 fully saturated rings. The highest BCUT2D eigenvalue weighted by molar-refractivity contribution is 5.93. The van der Waals surface area contributed by atoms with Crippen LogP contribution in [0.4, 0.5) is 4.79 Å². The molecule has 1 aliphatic heterocycles. The molecule has 0 amide bonds. The molecule has 2 bridgehead atoms. The average molecular weight is 581 g/mol. The summed E-state index contributed by atoms with van der Waals surface area (Å²) < 4.78 is 22.8. The van der Waals surface area contributed by atoms with Crippen LogP contribution in [0.1, 0.15) is 79.6 Å². The number of aliphatic hydroxyl groups is 4. The molecule has 11 heteroatoms. The molecule has 5 aliphatic rings. The molecule has 0 aromatic carbocycles. The van der Waals surface area contributed by atoms with Crippen LogP contribution in [-0.2, 0) is 28.5 Å². The smallest absolute Gasteiger partial charge is 0.459 e. The molecule has 1 saturated heterocycles. The first-order chi connectivity index (χ1) is 19.0. The number of rotatable bonds is 3. The number of hydrogen-bond donors (Lipinski definition) is 4. The summed E-state index contributed by atoms with van der Waals surface area (Å²) in [4.78, 5) is 40.9. The minimum Gasteiger partial charge on any atom is -0.459 e. The van der Waals surface area contributed by atoms with Crippen molar-refractivity contribution in [3.8, 4) is 0 Å². The van der Waals surface area contributed by atoms with Crippen LogP contribution in [0.2, 0.25) is 0 Å². The molecule has 0 aromatic heterocycles. The first-order valence-corrected chi connectivity index (χ1v) is 14.6. The zero-order valence-electron chi connectivity index (χ0n) is 24.8. The third-order valence-electron chi connectivity index (χ3n) is 11.4. The molecule has 3 saturated carbocycles. The third kappa shape index (κ3) is 4.06. The molecule has 0 spiro atoms. The van der Waals surface area contributed by atoms with Gasteiger partial charge in [-0.1, -0.05) is 33.1 Å². The van der Waals surface area contributed by atoms with Crippen LogP contribution < -0.4 is 0 Å². The molecule has 1 heterocycles. The zero-order valence-corrected chi connectivity index (χ0v) is 24.8. The number of Topliss-reactive ketones (excluding diaryl/α,β-unsaturated/α-hetero) is 1. The minimum absolute atomic E-state index is 0.108. The van der Waals surface area contributed by atoms with E-state index in [1.165, 1.54) is 13.8 Å². The first kappa shape index (κ1) is 30.4. The van der Waals surface area contributed by atoms with Gasteiger partial charge in [-0.15, -0.1) is 0 Å². The molecule has 5 rings (SSSR count). The van der Waals surface area contributed by atoms with Crippen LogP contribution in [0.15, 0.2) is 11.1 Å². The Kier molecular flexibility index (Phi) is 7.22. The van der Waals surface area contributed by atoms with Gasteiger partial charge < -0.3 is 39.4 Å². The van der Waals surface area contributed by atoms with Crippen LogP contribution in [0, 0.1) is 22.7 Å². The SMILES string of the molecule is COC(=O)O[C@@]12CO[C@@H]1C[C@H](O)[C@@]1(C)C(=O)[C@H](O)C3=C(C)[C@@](C)(O)C[C@@](O)([C@@H](OC(=O)C4CCCCC4)C12)C3(C)C. The van der Waals surface area contributed by atoms with Crippen LogP contribution >= 0.6 is 0 Å². The fourth-order valence-electron chi connectivity index (χ4n) is 8.63. The summed E-state index contributed by atoms with van der Waals surface area (Å²) in [6.07, 6.45) is -3.26. The highest BCUT2D eigenvalue weighted by Crippen LogP contribution is 2.64. The van der Waals surface area contributed by atoms with Crippen molar-refractivity contribution in [1.82, 2.24) is 0 Å². The molecule has 230 valence electrons. The molecule has 1 unspecified atom stereocenters. The monoisotopic (exact) mass is 580 g/mol. The van der Waals surface area contributed by atoms with Crippen LogP contribution in [0.3, 0.4) is 0 Å². The van der Waals surface area contributed by atoms with E-state index in [2.05, 4.69) is 0 Å². The molecule has 4 N–H and O–H groups in total. The Morgan fingerprint density at radius 2 is 1.66 bits per heavy atom. The molecule has 0 radical (unpaired) electrons. The highest BCUT2D eigenvalue weighted by atomic mass is 16.8. The van der Waals surface area contributed by atoms with Gasteiger partial charge in [-0.25, -0.2) is 4.79 Å². The molecule has 4 aliphatic carbocycles. The van der Waals surface area contributed by atoms with E-state index in [1.54, 1.807) is 20.8 Å². The van der Waals surface area contributed by atoms with E-state index in [4.69, 9.17) is 18.9 Å². The fraction of sp³-hybridized carbons (Fsp3) is 0.833. The van der Waals surface area contributed by atoms with E-state index >= 15 is 0 Å². The average Bonchev–Trinajstić information content (AvgIpc) is 2.91. The van der Waals surface area contributed by atoms with Crippen molar-refractivity contribution < 1.29 is 53.8 Å². The Balaban J connectivity index is 1.79. The number of aliphatic hydroxyl groups excluding tert-OH is 2. The van der Waals surface area contributed by atoms with Crippen molar-refractivity contribution in [2.45, 2.75) is 121 Å². The number of fused-ring (bicyclic) bond motifs is 5. The maximum Gasteiger partial charge on any atom is 0.508 e. The van der Waals surface area contributed by atoms with E-state index in [1.807, 2.05) is 0 Å². The van der Waals surface area contributed by atoms with Gasteiger partial charge in [0.05, 0.1) is 42.7 Å². The normalized spacial score (nSPS) is 45.8. The number of esters is 1. The van der Waals surface area contributed by atoms with E-state index < -0.39 is 81.8 Å². The van der Waals surface area contributed by atoms with Gasteiger partial charge >= 0.3 is 12.1 Å². The molecule has 0 aromatic rings. The van der Waals surface area contributed by atoms with Crippen LogP contribution in [0.5, 0.6) is 0 Å². The van der Waals surface area contributed by atoms with E-state index in [-0.39, 0.29) is 25.0 Å². The lowest BCUT2D eigenvalue weighted by Gasteiger charge is -2.67. The summed E-state index contributed by atoms with van der Waals surface area (Å²) in [5.74, 6) is -3.14. The van der Waals surface area contributed by atoms with Crippen molar-refractivity contribution in [2.75, 3.05) is 13.7 Å². The second-order valence-corrected chi connectivity index (χ2v) is 13.8. The van der Waals surface area contributed by atoms with Gasteiger partial charge in [0, 0.05) is 18.3 Å². The topological polar surface area (TPSA) is 169 Å². The van der Waals surface area contributed by atoms with Gasteiger partial charge in [-0.05, 0) is 44.8 Å². The summed E-state index contributed by atoms with van der Waals surface area (Å²) in [6.45, 7) is 7.61. The Morgan fingerprint density at radius 1 is 1.02 bits per heavy atom. The molecular weight excluding hydrogens is 536 g/mol. The summed E-state index contributed by atoms with van der Waals surface area (Å²) in [5.41, 5.74) is -8.23. The lowest BCUT2D eigenvalue weighted by Crippen LogP contribution is -2.82. The van der Waals surface area contributed by atoms with Gasteiger partial charge in [-0.2, -0.15) is 0 Å². The Labute approximate surface area is 240 Å². The predicted molar refractivity (Wildman–Crippen MR) is 142 cm³/mol. The van der Waals surface area contributed by atoms with Crippen molar-refractivity contribution in [2.24, 2.45) is 22.7 Å². The van der Waals surface area contributed by atoms with Crippen LogP contribution in [-0.4, -0.2) is 93.3 Å². The van der Waals surface area contributed by atoms with Crippen molar-refractivity contribution in [1.29, 1.82) is 0 Å². The lowest BCUT2D eigenvalue weighted by molar-refractivity contribution is -0.347. The van der Waals surface area contributed by atoms with Gasteiger partial charge in [0.2, 0.25) is 0 Å². The van der Waals surface area contributed by atoms with Gasteiger partial charge in [0.15, 0.2) is 11.4 Å². The Hall–Kier alpha value is -2.05. The summed E-state index contributed by atoms with van der Waals surface area (Å²) >= 11 is 0. The van der Waals surface area contributed by atoms with Gasteiger partial charge in [-0.3, -0.25) is 9.59 Å². The summed E-state index contributed by atoms with van der Waals surface area (Å²) in [7, 11) is 1.13. The lowest BCUT2D eigenvalue weighted by atomic mass is 9.44. The number of methoxy groups -OCH3 is 1. The zero-order chi connectivity index (χ0) is 30.3. The van der Waals surface area contributed by atoms with Gasteiger partial charge in [0.25, 0.3) is 0 Å². The number of carbonyl (C=O) groups is 3. The number of carbonyl (C=O) groups excluding carboxylic acids is 3. The molecule has 11 nitrogen and oxygen atoms in total. The summed E-state index contributed by atoms with van der Waals surface area (Å²) in [6, 6.07) is 0. The fourth-order valence-corrected chi connectivity index (χ4v) is 8.63. The van der Waals surface area contributed by atoms with E-state index in [0.29, 0.717) is 18.4 Å². The third-order valence-corrected chi connectivity index (χ3v) is 11.4. The van der Waals surface area contributed by atoms with Crippen LogP contribution in [0.25, 0.3) is 0 Å². The maximum absolute atomic E-state index is 14.5. The molecular formula is C30H44O11. The largest absolute Gasteiger partial charge is 0.508 e. The van der Waals surface area contributed by atoms with E-state index in [0.717, 1.165) is 26.4 Å². The quantitative estimate of drug-likeness (QED) is 0.284.